The summed E-state index contributed by atoms with van der Waals surface area (Å²) in [6.07, 6.45) is 7.52. The molecular weight excluding hydrogens is 268 g/mol. The number of rotatable bonds is 6. The van der Waals surface area contributed by atoms with Crippen LogP contribution in [0.2, 0.25) is 0 Å². The van der Waals surface area contributed by atoms with Crippen LogP contribution >= 0.6 is 0 Å². The number of nitrogens with one attached hydrogen (secondary N) is 1. The predicted molar refractivity (Wildman–Crippen MR) is 79.2 cm³/mol. The van der Waals surface area contributed by atoms with E-state index in [0.29, 0.717) is 6.61 Å². The van der Waals surface area contributed by atoms with Crippen LogP contribution in [0.25, 0.3) is 0 Å². The van der Waals surface area contributed by atoms with Crippen molar-refractivity contribution in [2.24, 2.45) is 5.10 Å². The van der Waals surface area contributed by atoms with Gasteiger partial charge >= 0.3 is 0 Å². The number of benzene rings is 1. The van der Waals surface area contributed by atoms with Gasteiger partial charge in [0, 0.05) is 12.4 Å². The minimum atomic E-state index is -0.412. The van der Waals surface area contributed by atoms with Gasteiger partial charge in [-0.15, -0.1) is 0 Å². The fraction of sp³-hybridized carbons (Fsp3) is 0.0667. The fourth-order valence-corrected chi connectivity index (χ4v) is 1.44. The molecule has 2 rings (SSSR count). The molecule has 0 bridgehead atoms. The third kappa shape index (κ3) is 4.54. The normalized spacial score (nSPS) is 10.3. The van der Waals surface area contributed by atoms with Gasteiger partial charge in [0.05, 0.1) is 12.4 Å². The van der Waals surface area contributed by atoms with Crippen LogP contribution in [0, 0.1) is 0 Å². The molecule has 0 atom stereocenters. The summed E-state index contributed by atoms with van der Waals surface area (Å²) in [5.41, 5.74) is 3.42. The molecule has 0 aliphatic heterocycles. The van der Waals surface area contributed by atoms with Gasteiger partial charge in [0.25, 0.3) is 5.91 Å². The Morgan fingerprint density at radius 3 is 2.81 bits per heavy atom. The molecule has 1 aromatic carbocycles. The molecule has 6 nitrogen and oxygen atoms in total. The standard InChI is InChI=1S/C15H14N4O2/c1-2-9-21-13-5-3-12(4-6-13)10-18-19-15(20)14-11-16-7-8-17-14/h2-8,10-11H,1,9H2,(H,19,20)/b18-10-. The van der Waals surface area contributed by atoms with Gasteiger partial charge in [-0.3, -0.25) is 9.78 Å². The van der Waals surface area contributed by atoms with Crippen LogP contribution in [0.3, 0.4) is 0 Å². The van der Waals surface area contributed by atoms with Crippen molar-refractivity contribution in [1.29, 1.82) is 0 Å². The van der Waals surface area contributed by atoms with Crippen LogP contribution in [0.4, 0.5) is 0 Å². The average molecular weight is 282 g/mol. The molecule has 0 aliphatic rings. The maximum atomic E-state index is 11.7. The molecule has 21 heavy (non-hydrogen) atoms. The number of hydrogen-bond acceptors (Lipinski definition) is 5. The Morgan fingerprint density at radius 1 is 1.33 bits per heavy atom. The first kappa shape index (κ1) is 14.4. The summed E-state index contributed by atoms with van der Waals surface area (Å²) in [5.74, 6) is 0.334. The van der Waals surface area contributed by atoms with Crippen molar-refractivity contribution in [3.8, 4) is 5.75 Å². The highest BCUT2D eigenvalue weighted by Crippen LogP contribution is 2.10. The van der Waals surface area contributed by atoms with Crippen molar-refractivity contribution >= 4 is 12.1 Å². The van der Waals surface area contributed by atoms with E-state index in [9.17, 15) is 4.79 Å². The SMILES string of the molecule is C=CCOc1ccc(/C=N\NC(=O)c2cnccn2)cc1. The Balaban J connectivity index is 1.89. The Morgan fingerprint density at radius 2 is 2.14 bits per heavy atom. The van der Waals surface area contributed by atoms with Gasteiger partial charge < -0.3 is 4.74 Å². The lowest BCUT2D eigenvalue weighted by atomic mass is 10.2. The largest absolute Gasteiger partial charge is 0.490 e. The predicted octanol–water partition coefficient (Wildman–Crippen LogP) is 1.81. The van der Waals surface area contributed by atoms with E-state index in [1.165, 1.54) is 24.8 Å². The summed E-state index contributed by atoms with van der Waals surface area (Å²) in [7, 11) is 0. The van der Waals surface area contributed by atoms with Crippen LogP contribution in [0.1, 0.15) is 16.1 Å². The van der Waals surface area contributed by atoms with Gasteiger partial charge in [0.15, 0.2) is 0 Å². The third-order valence-corrected chi connectivity index (χ3v) is 2.42. The number of aromatic nitrogens is 2. The summed E-state index contributed by atoms with van der Waals surface area (Å²) in [4.78, 5) is 19.3. The van der Waals surface area contributed by atoms with Gasteiger partial charge in [-0.1, -0.05) is 12.7 Å². The van der Waals surface area contributed by atoms with Crippen molar-refractivity contribution in [2.45, 2.75) is 0 Å². The fourth-order valence-electron chi connectivity index (χ4n) is 1.44. The van der Waals surface area contributed by atoms with E-state index in [-0.39, 0.29) is 5.69 Å². The Hall–Kier alpha value is -3.02. The number of ether oxygens (including phenoxy) is 1. The number of carbonyl (C=O) groups is 1. The van der Waals surface area contributed by atoms with E-state index in [0.717, 1.165) is 11.3 Å². The molecule has 0 unspecified atom stereocenters. The molecule has 0 fully saturated rings. The molecular formula is C15H14N4O2. The quantitative estimate of drug-likeness (QED) is 0.498. The number of hydrazone groups is 1. The summed E-state index contributed by atoms with van der Waals surface area (Å²) >= 11 is 0. The third-order valence-electron chi connectivity index (χ3n) is 2.42. The van der Waals surface area contributed by atoms with Gasteiger partial charge in [-0.05, 0) is 29.8 Å². The maximum absolute atomic E-state index is 11.7. The van der Waals surface area contributed by atoms with Gasteiger partial charge in [0.2, 0.25) is 0 Å². The highest BCUT2D eigenvalue weighted by molar-refractivity contribution is 5.92. The van der Waals surface area contributed by atoms with E-state index < -0.39 is 5.91 Å². The van der Waals surface area contributed by atoms with Crippen LogP contribution in [0.5, 0.6) is 5.75 Å². The molecule has 1 N–H and O–H groups in total. The van der Waals surface area contributed by atoms with Crippen molar-refractivity contribution in [3.63, 3.8) is 0 Å². The summed E-state index contributed by atoms with van der Waals surface area (Å²) in [6, 6.07) is 7.29. The highest BCUT2D eigenvalue weighted by atomic mass is 16.5. The molecule has 0 saturated heterocycles. The van der Waals surface area contributed by atoms with E-state index in [4.69, 9.17) is 4.74 Å². The van der Waals surface area contributed by atoms with Gasteiger partial charge in [0.1, 0.15) is 18.1 Å². The number of nitrogens with zero attached hydrogens (tertiary/aromatic N) is 3. The topological polar surface area (TPSA) is 76.5 Å². The molecule has 0 radical (unpaired) electrons. The van der Waals surface area contributed by atoms with Crippen molar-refractivity contribution in [1.82, 2.24) is 15.4 Å². The Kier molecular flexibility index (Phi) is 5.17. The van der Waals surface area contributed by atoms with E-state index in [2.05, 4.69) is 27.1 Å². The molecule has 1 aromatic heterocycles. The molecule has 2 aromatic rings. The lowest BCUT2D eigenvalue weighted by Gasteiger charge is -2.02. The lowest BCUT2D eigenvalue weighted by molar-refractivity contribution is 0.0949. The van der Waals surface area contributed by atoms with Crippen LogP contribution in [-0.2, 0) is 0 Å². The molecule has 0 spiro atoms. The molecule has 1 heterocycles. The van der Waals surface area contributed by atoms with Crippen LogP contribution in [-0.4, -0.2) is 28.7 Å². The Labute approximate surface area is 122 Å². The summed E-state index contributed by atoms with van der Waals surface area (Å²) < 4.78 is 5.36. The maximum Gasteiger partial charge on any atom is 0.291 e. The Bertz CT molecular complexity index is 624. The highest BCUT2D eigenvalue weighted by Gasteiger charge is 2.04. The zero-order valence-corrected chi connectivity index (χ0v) is 11.3. The van der Waals surface area contributed by atoms with Crippen molar-refractivity contribution in [3.05, 3.63) is 66.8 Å². The van der Waals surface area contributed by atoms with Gasteiger partial charge in [-0.2, -0.15) is 5.10 Å². The molecule has 0 saturated carbocycles. The van der Waals surface area contributed by atoms with E-state index in [1.54, 1.807) is 6.08 Å². The second kappa shape index (κ2) is 7.54. The second-order valence-electron chi connectivity index (χ2n) is 3.96. The zero-order chi connectivity index (χ0) is 14.9. The van der Waals surface area contributed by atoms with Gasteiger partial charge in [-0.25, -0.2) is 10.4 Å². The summed E-state index contributed by atoms with van der Waals surface area (Å²) in [6.45, 7) is 4.04. The van der Waals surface area contributed by atoms with Crippen molar-refractivity contribution in [2.75, 3.05) is 6.61 Å². The first-order valence-electron chi connectivity index (χ1n) is 6.23. The van der Waals surface area contributed by atoms with Crippen LogP contribution < -0.4 is 10.2 Å². The molecule has 0 aliphatic carbocycles. The molecule has 106 valence electrons. The minimum Gasteiger partial charge on any atom is -0.490 e. The second-order valence-corrected chi connectivity index (χ2v) is 3.96. The number of hydrogen-bond donors (Lipinski definition) is 1. The molecule has 1 amide bonds. The zero-order valence-electron chi connectivity index (χ0n) is 11.3. The monoisotopic (exact) mass is 282 g/mol. The first-order valence-corrected chi connectivity index (χ1v) is 6.23. The molecule has 6 heteroatoms. The lowest BCUT2D eigenvalue weighted by Crippen LogP contribution is -2.19. The van der Waals surface area contributed by atoms with E-state index in [1.807, 2.05) is 24.3 Å². The summed E-state index contributed by atoms with van der Waals surface area (Å²) in [5, 5.41) is 3.86. The number of amides is 1. The minimum absolute atomic E-state index is 0.211. The van der Waals surface area contributed by atoms with Crippen molar-refractivity contribution < 1.29 is 9.53 Å². The number of carbonyl (C=O) groups excluding carboxylic acids is 1. The smallest absolute Gasteiger partial charge is 0.291 e. The van der Waals surface area contributed by atoms with E-state index >= 15 is 0 Å². The first-order chi connectivity index (χ1) is 10.3. The van der Waals surface area contributed by atoms with Crippen LogP contribution in [0.15, 0.2) is 60.6 Å². The average Bonchev–Trinajstić information content (AvgIpc) is 2.55.